The summed E-state index contributed by atoms with van der Waals surface area (Å²) in [6.45, 7) is 1.95. The lowest BCUT2D eigenvalue weighted by molar-refractivity contribution is -0.129. The molecule has 0 saturated heterocycles. The van der Waals surface area contributed by atoms with Crippen molar-refractivity contribution in [2.45, 2.75) is 5.03 Å². The molecule has 0 fully saturated rings. The molecule has 0 radical (unpaired) electrons. The van der Waals surface area contributed by atoms with Gasteiger partial charge in [0, 0.05) is 43.6 Å². The molecule has 0 N–H and O–H groups in total. The number of hydrogen-bond acceptors (Lipinski definition) is 6. The molecule has 1 amide bonds. The molecule has 0 unspecified atom stereocenters. The second-order valence-electron chi connectivity index (χ2n) is 6.56. The molecule has 1 heterocycles. The van der Waals surface area contributed by atoms with Crippen LogP contribution in [0.5, 0.6) is 0 Å². The van der Waals surface area contributed by atoms with Crippen molar-refractivity contribution in [3.8, 4) is 11.3 Å². The average molecular weight is 430 g/mol. The van der Waals surface area contributed by atoms with Gasteiger partial charge in [-0.2, -0.15) is 0 Å². The van der Waals surface area contributed by atoms with Crippen molar-refractivity contribution in [1.82, 2.24) is 15.1 Å². The van der Waals surface area contributed by atoms with Crippen LogP contribution in [0.4, 0.5) is 4.39 Å². The summed E-state index contributed by atoms with van der Waals surface area (Å²) in [6, 6.07) is 13.9. The smallest absolute Gasteiger partial charge is 0.233 e. The van der Waals surface area contributed by atoms with E-state index < -0.39 is 0 Å². The molecule has 3 rings (SSSR count). The van der Waals surface area contributed by atoms with Gasteiger partial charge in [-0.25, -0.2) is 4.39 Å². The summed E-state index contributed by atoms with van der Waals surface area (Å²) in [6.07, 6.45) is 0. The van der Waals surface area contributed by atoms with Crippen LogP contribution in [0.15, 0.2) is 53.6 Å². The van der Waals surface area contributed by atoms with Crippen molar-refractivity contribution in [1.29, 1.82) is 0 Å². The fourth-order valence-corrected chi connectivity index (χ4v) is 3.87. The van der Waals surface area contributed by atoms with Gasteiger partial charge in [-0.15, -0.1) is 10.2 Å². The van der Waals surface area contributed by atoms with Crippen molar-refractivity contribution in [3.05, 3.63) is 54.3 Å². The first-order chi connectivity index (χ1) is 14.6. The normalized spacial score (nSPS) is 11.0. The van der Waals surface area contributed by atoms with Crippen LogP contribution in [-0.4, -0.2) is 67.3 Å². The maximum absolute atomic E-state index is 13.3. The standard InChI is InChI=1S/C22H24FN3O3S/c1-28-13-11-26(12-14-29-2)20(27)15-30-22-19-6-4-3-5-18(19)21(24-25-22)16-7-9-17(23)10-8-16/h3-10H,11-15H2,1-2H3. The topological polar surface area (TPSA) is 64.6 Å². The van der Waals surface area contributed by atoms with E-state index in [9.17, 15) is 9.18 Å². The molecule has 0 spiro atoms. The second-order valence-corrected chi connectivity index (χ2v) is 7.53. The zero-order chi connectivity index (χ0) is 21.3. The summed E-state index contributed by atoms with van der Waals surface area (Å²) in [5, 5.41) is 11.2. The van der Waals surface area contributed by atoms with Gasteiger partial charge >= 0.3 is 0 Å². The maximum atomic E-state index is 13.3. The van der Waals surface area contributed by atoms with E-state index in [-0.39, 0.29) is 17.5 Å². The van der Waals surface area contributed by atoms with E-state index in [1.807, 2.05) is 24.3 Å². The predicted molar refractivity (Wildman–Crippen MR) is 116 cm³/mol. The first kappa shape index (κ1) is 22.1. The molecule has 158 valence electrons. The summed E-state index contributed by atoms with van der Waals surface area (Å²) in [5.74, 6) is -0.0714. The molecule has 2 aromatic carbocycles. The number of halogens is 1. The van der Waals surface area contributed by atoms with Crippen LogP contribution in [0.1, 0.15) is 0 Å². The molecule has 0 atom stereocenters. The first-order valence-electron chi connectivity index (χ1n) is 9.54. The summed E-state index contributed by atoms with van der Waals surface area (Å²) in [7, 11) is 3.22. The maximum Gasteiger partial charge on any atom is 0.233 e. The quantitative estimate of drug-likeness (QED) is 0.459. The Hall–Kier alpha value is -2.55. The van der Waals surface area contributed by atoms with Gasteiger partial charge in [0.2, 0.25) is 5.91 Å². The van der Waals surface area contributed by atoms with Gasteiger partial charge in [-0.05, 0) is 24.3 Å². The highest BCUT2D eigenvalue weighted by Gasteiger charge is 2.16. The number of carbonyl (C=O) groups excluding carboxylic acids is 1. The summed E-state index contributed by atoms with van der Waals surface area (Å²) >= 11 is 1.35. The highest BCUT2D eigenvalue weighted by atomic mass is 32.2. The number of nitrogens with zero attached hydrogens (tertiary/aromatic N) is 3. The number of benzene rings is 2. The highest BCUT2D eigenvalue weighted by Crippen LogP contribution is 2.31. The van der Waals surface area contributed by atoms with E-state index in [1.54, 1.807) is 31.3 Å². The van der Waals surface area contributed by atoms with E-state index >= 15 is 0 Å². The number of rotatable bonds is 10. The Bertz CT molecular complexity index is 977. The van der Waals surface area contributed by atoms with Gasteiger partial charge in [0.1, 0.15) is 16.5 Å². The monoisotopic (exact) mass is 429 g/mol. The highest BCUT2D eigenvalue weighted by molar-refractivity contribution is 8.00. The predicted octanol–water partition coefficient (Wildman–Crippen LogP) is 3.65. The number of fused-ring (bicyclic) bond motifs is 1. The Kier molecular flexibility index (Phi) is 8.12. The summed E-state index contributed by atoms with van der Waals surface area (Å²) in [4.78, 5) is 14.4. The van der Waals surface area contributed by atoms with Gasteiger partial charge in [-0.3, -0.25) is 4.79 Å². The van der Waals surface area contributed by atoms with Crippen LogP contribution in [0.2, 0.25) is 0 Å². The number of amides is 1. The minimum Gasteiger partial charge on any atom is -0.383 e. The number of methoxy groups -OCH3 is 2. The Morgan fingerprint density at radius 1 is 0.967 bits per heavy atom. The van der Waals surface area contributed by atoms with Crippen LogP contribution in [0.3, 0.4) is 0 Å². The van der Waals surface area contributed by atoms with Crippen LogP contribution >= 0.6 is 11.8 Å². The fraction of sp³-hybridized carbons (Fsp3) is 0.318. The Balaban J connectivity index is 1.80. The van der Waals surface area contributed by atoms with E-state index in [2.05, 4.69) is 10.2 Å². The average Bonchev–Trinajstić information content (AvgIpc) is 2.78. The molecule has 0 aliphatic rings. The Morgan fingerprint density at radius 2 is 1.60 bits per heavy atom. The van der Waals surface area contributed by atoms with E-state index in [0.717, 1.165) is 16.3 Å². The van der Waals surface area contributed by atoms with E-state index in [4.69, 9.17) is 9.47 Å². The third kappa shape index (κ3) is 5.53. The minimum atomic E-state index is -0.298. The Morgan fingerprint density at radius 3 is 2.23 bits per heavy atom. The van der Waals surface area contributed by atoms with E-state index in [0.29, 0.717) is 37.0 Å². The number of ether oxygens (including phenoxy) is 2. The van der Waals surface area contributed by atoms with Crippen LogP contribution < -0.4 is 0 Å². The van der Waals surface area contributed by atoms with Gasteiger partial charge < -0.3 is 14.4 Å². The van der Waals surface area contributed by atoms with Crippen molar-refractivity contribution < 1.29 is 18.7 Å². The van der Waals surface area contributed by atoms with Crippen molar-refractivity contribution in [2.24, 2.45) is 0 Å². The number of carbonyl (C=O) groups is 1. The molecule has 3 aromatic rings. The molecule has 1 aromatic heterocycles. The van der Waals surface area contributed by atoms with Crippen LogP contribution in [0, 0.1) is 5.82 Å². The Labute approximate surface area is 179 Å². The minimum absolute atomic E-state index is 0.0115. The third-order valence-electron chi connectivity index (χ3n) is 4.59. The SMILES string of the molecule is COCCN(CCOC)C(=O)CSc1nnc(-c2ccc(F)cc2)c2ccccc12. The zero-order valence-electron chi connectivity index (χ0n) is 17.0. The van der Waals surface area contributed by atoms with Gasteiger partial charge in [0.25, 0.3) is 0 Å². The second kappa shape index (κ2) is 11.0. The molecular formula is C22H24FN3O3S. The lowest BCUT2D eigenvalue weighted by Gasteiger charge is -2.21. The number of hydrogen-bond donors (Lipinski definition) is 0. The van der Waals surface area contributed by atoms with Crippen LogP contribution in [0.25, 0.3) is 22.0 Å². The van der Waals surface area contributed by atoms with Gasteiger partial charge in [-0.1, -0.05) is 36.0 Å². The molecule has 0 aliphatic carbocycles. The van der Waals surface area contributed by atoms with Crippen LogP contribution in [-0.2, 0) is 14.3 Å². The molecule has 0 saturated carbocycles. The largest absolute Gasteiger partial charge is 0.383 e. The summed E-state index contributed by atoms with van der Waals surface area (Å²) < 4.78 is 23.5. The van der Waals surface area contributed by atoms with Crippen molar-refractivity contribution in [3.63, 3.8) is 0 Å². The molecule has 8 heteroatoms. The third-order valence-corrected chi connectivity index (χ3v) is 5.55. The molecule has 0 bridgehead atoms. The number of thioether (sulfide) groups is 1. The van der Waals surface area contributed by atoms with Crippen molar-refractivity contribution >= 4 is 28.4 Å². The van der Waals surface area contributed by atoms with Crippen molar-refractivity contribution in [2.75, 3.05) is 46.3 Å². The number of aromatic nitrogens is 2. The molecule has 30 heavy (non-hydrogen) atoms. The molecular weight excluding hydrogens is 405 g/mol. The van der Waals surface area contributed by atoms with Gasteiger partial charge in [0.15, 0.2) is 0 Å². The van der Waals surface area contributed by atoms with E-state index in [1.165, 1.54) is 23.9 Å². The summed E-state index contributed by atoms with van der Waals surface area (Å²) in [5.41, 5.74) is 1.47. The lowest BCUT2D eigenvalue weighted by Crippen LogP contribution is -2.37. The molecule has 6 nitrogen and oxygen atoms in total. The molecule has 0 aliphatic heterocycles. The fourth-order valence-electron chi connectivity index (χ4n) is 2.99. The first-order valence-corrected chi connectivity index (χ1v) is 10.5. The van der Waals surface area contributed by atoms with Gasteiger partial charge in [0.05, 0.1) is 19.0 Å². The lowest BCUT2D eigenvalue weighted by atomic mass is 10.1. The zero-order valence-corrected chi connectivity index (χ0v) is 17.8.